The number of nitrogens with one attached hydrogen (secondary N) is 2. The predicted octanol–water partition coefficient (Wildman–Crippen LogP) is 2.51. The van der Waals surface area contributed by atoms with Gasteiger partial charge < -0.3 is 10.6 Å². The maximum absolute atomic E-state index is 12.1. The standard InChI is InChI=1S/C17H26N2O3S/c1-12-6-4-5-7-15(12)19-17(20)11-18-16-10-14(23(3,21)22)9-8-13(16)2/h8-10,12,15,18H,4-7,11H2,1-3H3,(H,19,20). The van der Waals surface area contributed by atoms with Crippen molar-refractivity contribution in [2.45, 2.75) is 50.5 Å². The van der Waals surface area contributed by atoms with Crippen molar-refractivity contribution < 1.29 is 13.2 Å². The predicted molar refractivity (Wildman–Crippen MR) is 92.3 cm³/mol. The van der Waals surface area contributed by atoms with Gasteiger partial charge in [-0.25, -0.2) is 8.42 Å². The van der Waals surface area contributed by atoms with Gasteiger partial charge in [-0.15, -0.1) is 0 Å². The van der Waals surface area contributed by atoms with E-state index >= 15 is 0 Å². The van der Waals surface area contributed by atoms with Crippen LogP contribution in [-0.2, 0) is 14.6 Å². The third kappa shape index (κ3) is 4.96. The fourth-order valence-corrected chi connectivity index (χ4v) is 3.63. The second-order valence-corrected chi connectivity index (χ2v) is 8.55. The van der Waals surface area contributed by atoms with Gasteiger partial charge in [-0.2, -0.15) is 0 Å². The van der Waals surface area contributed by atoms with Crippen LogP contribution >= 0.6 is 0 Å². The largest absolute Gasteiger partial charge is 0.376 e. The van der Waals surface area contributed by atoms with Crippen LogP contribution in [0.5, 0.6) is 0 Å². The summed E-state index contributed by atoms with van der Waals surface area (Å²) in [5, 5.41) is 6.14. The van der Waals surface area contributed by atoms with E-state index in [4.69, 9.17) is 0 Å². The number of benzene rings is 1. The van der Waals surface area contributed by atoms with E-state index in [1.807, 2.05) is 6.92 Å². The van der Waals surface area contributed by atoms with E-state index < -0.39 is 9.84 Å². The molecule has 0 bridgehead atoms. The topological polar surface area (TPSA) is 75.3 Å². The third-order valence-electron chi connectivity index (χ3n) is 4.53. The monoisotopic (exact) mass is 338 g/mol. The van der Waals surface area contributed by atoms with E-state index in [-0.39, 0.29) is 23.4 Å². The van der Waals surface area contributed by atoms with Gasteiger partial charge in [0.1, 0.15) is 0 Å². The number of hydrogen-bond acceptors (Lipinski definition) is 4. The molecule has 0 aliphatic heterocycles. The van der Waals surface area contributed by atoms with E-state index in [9.17, 15) is 13.2 Å². The van der Waals surface area contributed by atoms with Gasteiger partial charge in [0, 0.05) is 18.0 Å². The first-order valence-electron chi connectivity index (χ1n) is 8.11. The van der Waals surface area contributed by atoms with E-state index in [0.717, 1.165) is 24.8 Å². The highest BCUT2D eigenvalue weighted by molar-refractivity contribution is 7.90. The van der Waals surface area contributed by atoms with Gasteiger partial charge >= 0.3 is 0 Å². The van der Waals surface area contributed by atoms with Gasteiger partial charge in [0.15, 0.2) is 9.84 Å². The first kappa shape index (κ1) is 17.8. The zero-order valence-corrected chi connectivity index (χ0v) is 14.9. The quantitative estimate of drug-likeness (QED) is 0.865. The van der Waals surface area contributed by atoms with Crippen LogP contribution in [0.2, 0.25) is 0 Å². The molecule has 0 spiro atoms. The first-order valence-corrected chi connectivity index (χ1v) is 10.0. The van der Waals surface area contributed by atoms with Gasteiger partial charge in [-0.3, -0.25) is 4.79 Å². The molecule has 6 heteroatoms. The number of aryl methyl sites for hydroxylation is 1. The third-order valence-corrected chi connectivity index (χ3v) is 5.64. The number of rotatable bonds is 5. The second kappa shape index (κ2) is 7.34. The van der Waals surface area contributed by atoms with E-state index in [2.05, 4.69) is 17.6 Å². The molecule has 0 radical (unpaired) electrons. The fourth-order valence-electron chi connectivity index (χ4n) is 2.99. The molecule has 1 aromatic rings. The van der Waals surface area contributed by atoms with Gasteiger partial charge in [0.25, 0.3) is 0 Å². The molecule has 2 rings (SSSR count). The fraction of sp³-hybridized carbons (Fsp3) is 0.588. The van der Waals surface area contributed by atoms with Crippen LogP contribution in [0.25, 0.3) is 0 Å². The number of amides is 1. The summed E-state index contributed by atoms with van der Waals surface area (Å²) in [6.45, 7) is 4.21. The Balaban J connectivity index is 1.96. The van der Waals surface area contributed by atoms with Crippen molar-refractivity contribution in [3.8, 4) is 0 Å². The molecule has 5 nitrogen and oxygen atoms in total. The summed E-state index contributed by atoms with van der Waals surface area (Å²) >= 11 is 0. The minimum absolute atomic E-state index is 0.0482. The normalized spacial score (nSPS) is 21.7. The van der Waals surface area contributed by atoms with Crippen LogP contribution in [0.1, 0.15) is 38.2 Å². The maximum atomic E-state index is 12.1. The minimum Gasteiger partial charge on any atom is -0.376 e. The van der Waals surface area contributed by atoms with Crippen LogP contribution < -0.4 is 10.6 Å². The molecular weight excluding hydrogens is 312 g/mol. The van der Waals surface area contributed by atoms with E-state index in [1.54, 1.807) is 18.2 Å². The van der Waals surface area contributed by atoms with Crippen LogP contribution in [0.4, 0.5) is 5.69 Å². The molecule has 1 saturated carbocycles. The lowest BCUT2D eigenvalue weighted by Gasteiger charge is -2.29. The molecular formula is C17H26N2O3S. The molecule has 2 atom stereocenters. The zero-order valence-electron chi connectivity index (χ0n) is 14.1. The lowest BCUT2D eigenvalue weighted by Crippen LogP contribution is -2.43. The van der Waals surface area contributed by atoms with Gasteiger partial charge in [-0.05, 0) is 43.4 Å². The molecule has 0 saturated heterocycles. The maximum Gasteiger partial charge on any atom is 0.239 e. The Morgan fingerprint density at radius 3 is 2.61 bits per heavy atom. The highest BCUT2D eigenvalue weighted by atomic mass is 32.2. The van der Waals surface area contributed by atoms with Crippen LogP contribution in [0.15, 0.2) is 23.1 Å². The van der Waals surface area contributed by atoms with E-state index in [1.165, 1.54) is 12.7 Å². The number of anilines is 1. The molecule has 0 heterocycles. The molecule has 1 aromatic carbocycles. The lowest BCUT2D eigenvalue weighted by atomic mass is 9.86. The van der Waals surface area contributed by atoms with Crippen molar-refractivity contribution >= 4 is 21.4 Å². The number of sulfone groups is 1. The molecule has 1 aliphatic rings. The van der Waals surface area contributed by atoms with Crippen molar-refractivity contribution in [2.75, 3.05) is 18.1 Å². The summed E-state index contributed by atoms with van der Waals surface area (Å²) < 4.78 is 23.3. The first-order chi connectivity index (χ1) is 10.8. The van der Waals surface area contributed by atoms with Crippen LogP contribution in [-0.4, -0.2) is 33.2 Å². The summed E-state index contributed by atoms with van der Waals surface area (Å²) in [5.74, 6) is 0.468. The highest BCUT2D eigenvalue weighted by Gasteiger charge is 2.22. The molecule has 128 valence electrons. The van der Waals surface area contributed by atoms with Crippen molar-refractivity contribution in [1.82, 2.24) is 5.32 Å². The molecule has 1 fully saturated rings. The van der Waals surface area contributed by atoms with Gasteiger partial charge in [-0.1, -0.05) is 25.8 Å². The van der Waals surface area contributed by atoms with Gasteiger partial charge in [0.2, 0.25) is 5.91 Å². The van der Waals surface area contributed by atoms with Crippen molar-refractivity contribution in [3.63, 3.8) is 0 Å². The molecule has 0 aromatic heterocycles. The molecule has 1 amide bonds. The summed E-state index contributed by atoms with van der Waals surface area (Å²) in [6, 6.07) is 5.17. The Hall–Kier alpha value is -1.56. The number of hydrogen-bond donors (Lipinski definition) is 2. The Morgan fingerprint density at radius 2 is 1.96 bits per heavy atom. The van der Waals surface area contributed by atoms with Crippen LogP contribution in [0.3, 0.4) is 0 Å². The van der Waals surface area contributed by atoms with Gasteiger partial charge in [0.05, 0.1) is 11.4 Å². The van der Waals surface area contributed by atoms with Crippen LogP contribution in [0, 0.1) is 12.8 Å². The summed E-state index contributed by atoms with van der Waals surface area (Å²) in [7, 11) is -3.25. The smallest absolute Gasteiger partial charge is 0.239 e. The van der Waals surface area contributed by atoms with Crippen molar-refractivity contribution in [2.24, 2.45) is 5.92 Å². The summed E-state index contributed by atoms with van der Waals surface area (Å²) in [4.78, 5) is 12.4. The Morgan fingerprint density at radius 1 is 1.26 bits per heavy atom. The van der Waals surface area contributed by atoms with E-state index in [0.29, 0.717) is 11.6 Å². The Bertz CT molecular complexity index is 670. The van der Waals surface area contributed by atoms with Crippen molar-refractivity contribution in [1.29, 1.82) is 0 Å². The average molecular weight is 338 g/mol. The zero-order chi connectivity index (χ0) is 17.0. The average Bonchev–Trinajstić information content (AvgIpc) is 2.47. The highest BCUT2D eigenvalue weighted by Crippen LogP contribution is 2.24. The Labute approximate surface area is 138 Å². The summed E-state index contributed by atoms with van der Waals surface area (Å²) in [6.07, 6.45) is 5.78. The number of carbonyl (C=O) groups is 1. The molecule has 2 unspecified atom stereocenters. The molecule has 2 N–H and O–H groups in total. The van der Waals surface area contributed by atoms with Crippen molar-refractivity contribution in [3.05, 3.63) is 23.8 Å². The number of carbonyl (C=O) groups excluding carboxylic acids is 1. The molecule has 1 aliphatic carbocycles. The second-order valence-electron chi connectivity index (χ2n) is 6.54. The minimum atomic E-state index is -3.25. The SMILES string of the molecule is Cc1ccc(S(C)(=O)=O)cc1NCC(=O)NC1CCCCC1C. The summed E-state index contributed by atoms with van der Waals surface area (Å²) in [5.41, 5.74) is 1.59. The Kier molecular flexibility index (Phi) is 5.68. The molecule has 23 heavy (non-hydrogen) atoms. The lowest BCUT2D eigenvalue weighted by molar-refractivity contribution is -0.120.